The number of alkyl halides is 3. The monoisotopic (exact) mass is 394 g/mol. The number of nitrogens with zero attached hydrogens (tertiary/aromatic N) is 1. The standard InChI is InChI=1S/C17H25F3N2O3S/c1-15(2,3)12(21-14(26)17(18,19)20)13(25)22-7-8-11(16(8,4)5)9(22)6-10(23)24/h8-9,11-12H,6-7H2,1-5H3,(H,21,26)(H,23,24)/t8-,9+,11-,12+/m0/s1. The van der Waals surface area contributed by atoms with Gasteiger partial charge in [0.1, 0.15) is 6.04 Å². The van der Waals surface area contributed by atoms with Crippen LogP contribution in [0.25, 0.3) is 0 Å². The van der Waals surface area contributed by atoms with Crippen molar-refractivity contribution in [1.29, 1.82) is 0 Å². The third-order valence-corrected chi connectivity index (χ3v) is 6.01. The number of amides is 1. The van der Waals surface area contributed by atoms with Gasteiger partial charge in [0.2, 0.25) is 5.91 Å². The van der Waals surface area contributed by atoms with Crippen molar-refractivity contribution in [1.82, 2.24) is 10.2 Å². The zero-order valence-corrected chi connectivity index (χ0v) is 16.3. The van der Waals surface area contributed by atoms with Crippen molar-refractivity contribution in [3.8, 4) is 0 Å². The number of hydrogen-bond acceptors (Lipinski definition) is 3. The summed E-state index contributed by atoms with van der Waals surface area (Å²) < 4.78 is 38.6. The van der Waals surface area contributed by atoms with Crippen LogP contribution in [-0.2, 0) is 9.59 Å². The summed E-state index contributed by atoms with van der Waals surface area (Å²) in [6, 6.07) is -1.69. The van der Waals surface area contributed by atoms with Gasteiger partial charge in [-0.25, -0.2) is 0 Å². The van der Waals surface area contributed by atoms with Crippen molar-refractivity contribution in [3.05, 3.63) is 0 Å². The highest BCUT2D eigenvalue weighted by atomic mass is 32.1. The lowest BCUT2D eigenvalue weighted by molar-refractivity contribution is -0.142. The van der Waals surface area contributed by atoms with Gasteiger partial charge < -0.3 is 15.3 Å². The molecule has 1 heterocycles. The number of aliphatic carboxylic acids is 1. The number of hydrogen-bond donors (Lipinski definition) is 2. The highest BCUT2D eigenvalue weighted by Gasteiger charge is 2.68. The van der Waals surface area contributed by atoms with E-state index in [1.54, 1.807) is 20.8 Å². The second-order valence-corrected chi connectivity index (χ2v) is 9.29. The van der Waals surface area contributed by atoms with E-state index in [4.69, 9.17) is 0 Å². The fourth-order valence-electron chi connectivity index (χ4n) is 4.14. The molecule has 0 radical (unpaired) electrons. The Hall–Kier alpha value is -1.38. The van der Waals surface area contributed by atoms with E-state index >= 15 is 0 Å². The molecule has 0 unspecified atom stereocenters. The average Bonchev–Trinajstić information content (AvgIpc) is 2.77. The quantitative estimate of drug-likeness (QED) is 0.718. The van der Waals surface area contributed by atoms with Crippen LogP contribution >= 0.6 is 12.2 Å². The molecule has 0 aromatic rings. The molecule has 2 aliphatic rings. The minimum Gasteiger partial charge on any atom is -0.481 e. The number of carboxylic acids is 1. The maximum absolute atomic E-state index is 13.1. The van der Waals surface area contributed by atoms with Gasteiger partial charge in [0.05, 0.1) is 6.42 Å². The van der Waals surface area contributed by atoms with Crippen molar-refractivity contribution in [2.75, 3.05) is 6.54 Å². The van der Waals surface area contributed by atoms with Crippen LogP contribution in [0, 0.1) is 22.7 Å². The molecule has 0 bridgehead atoms. The number of nitrogens with one attached hydrogen (secondary N) is 1. The van der Waals surface area contributed by atoms with E-state index in [1.807, 2.05) is 13.8 Å². The first kappa shape index (κ1) is 20.9. The molecule has 2 rings (SSSR count). The summed E-state index contributed by atoms with van der Waals surface area (Å²) in [4.78, 5) is 24.4. The van der Waals surface area contributed by atoms with Gasteiger partial charge in [-0.3, -0.25) is 9.59 Å². The van der Waals surface area contributed by atoms with Gasteiger partial charge in [-0.15, -0.1) is 0 Å². The number of likely N-dealkylation sites (tertiary alicyclic amines) is 1. The fraction of sp³-hybridized carbons (Fsp3) is 0.824. The Labute approximate surface area is 156 Å². The first-order valence-corrected chi connectivity index (χ1v) is 8.89. The van der Waals surface area contributed by atoms with Gasteiger partial charge >= 0.3 is 12.1 Å². The molecule has 1 saturated carbocycles. The summed E-state index contributed by atoms with van der Waals surface area (Å²) in [5.74, 6) is -1.33. The van der Waals surface area contributed by atoms with E-state index < -0.39 is 40.5 Å². The predicted molar refractivity (Wildman–Crippen MR) is 93.5 cm³/mol. The summed E-state index contributed by atoms with van der Waals surface area (Å²) in [5, 5.41) is 11.4. The Balaban J connectivity index is 2.25. The smallest absolute Gasteiger partial charge is 0.441 e. The van der Waals surface area contributed by atoms with E-state index in [9.17, 15) is 27.9 Å². The minimum absolute atomic E-state index is 0.0528. The van der Waals surface area contributed by atoms with Gasteiger partial charge in [-0.2, -0.15) is 13.2 Å². The molecular formula is C17H25F3N2O3S. The number of rotatable bonds is 4. The van der Waals surface area contributed by atoms with E-state index in [0.717, 1.165) is 0 Å². The Morgan fingerprint density at radius 3 is 2.27 bits per heavy atom. The van der Waals surface area contributed by atoms with Gasteiger partial charge in [0.25, 0.3) is 0 Å². The summed E-state index contributed by atoms with van der Waals surface area (Å²) in [6.45, 7) is 9.35. The second-order valence-electron chi connectivity index (χ2n) is 8.88. The van der Waals surface area contributed by atoms with E-state index in [0.29, 0.717) is 6.54 Å². The number of piperidine rings is 1. The van der Waals surface area contributed by atoms with Crippen molar-refractivity contribution >= 4 is 29.1 Å². The summed E-state index contributed by atoms with van der Waals surface area (Å²) in [7, 11) is 0. The van der Waals surface area contributed by atoms with Crippen LogP contribution in [0.3, 0.4) is 0 Å². The molecule has 0 spiro atoms. The zero-order chi connectivity index (χ0) is 20.2. The van der Waals surface area contributed by atoms with Crippen LogP contribution in [0.15, 0.2) is 0 Å². The number of carbonyl (C=O) groups is 2. The van der Waals surface area contributed by atoms with Crippen molar-refractivity contribution in [2.45, 2.75) is 59.3 Å². The molecule has 9 heteroatoms. The molecule has 148 valence electrons. The van der Waals surface area contributed by atoms with Gasteiger partial charge in [0, 0.05) is 12.6 Å². The molecular weight excluding hydrogens is 369 g/mol. The number of carbonyl (C=O) groups excluding carboxylic acids is 1. The van der Waals surface area contributed by atoms with Crippen LogP contribution < -0.4 is 5.32 Å². The normalized spacial score (nSPS) is 28.3. The summed E-state index contributed by atoms with van der Waals surface area (Å²) in [6.07, 6.45) is -4.94. The molecule has 1 amide bonds. The van der Waals surface area contributed by atoms with Crippen molar-refractivity contribution in [2.24, 2.45) is 22.7 Å². The van der Waals surface area contributed by atoms with Crippen LogP contribution in [-0.4, -0.2) is 51.7 Å². The van der Waals surface area contributed by atoms with Gasteiger partial charge in [0.15, 0.2) is 4.99 Å². The SMILES string of the molecule is CC(C)(C)[C@H](NC(=S)C(F)(F)F)C(=O)N1C[C@H]2[C@@H]([C@H]1CC(=O)O)C2(C)C. The zero-order valence-electron chi connectivity index (χ0n) is 15.5. The highest BCUT2D eigenvalue weighted by molar-refractivity contribution is 7.80. The molecule has 26 heavy (non-hydrogen) atoms. The van der Waals surface area contributed by atoms with Crippen LogP contribution in [0.2, 0.25) is 0 Å². The Bertz CT molecular complexity index is 628. The molecule has 4 atom stereocenters. The topological polar surface area (TPSA) is 69.6 Å². The first-order chi connectivity index (χ1) is 11.6. The molecule has 2 N–H and O–H groups in total. The molecule has 0 aromatic heterocycles. The lowest BCUT2D eigenvalue weighted by Crippen LogP contribution is -2.58. The second kappa shape index (κ2) is 6.35. The first-order valence-electron chi connectivity index (χ1n) is 8.48. The Kier molecular flexibility index (Phi) is 5.11. The predicted octanol–water partition coefficient (Wildman–Crippen LogP) is 2.84. The number of thiocarbonyl (C=S) groups is 1. The molecule has 1 aliphatic carbocycles. The maximum atomic E-state index is 13.1. The average molecular weight is 394 g/mol. The fourth-order valence-corrected chi connectivity index (χ4v) is 4.26. The van der Waals surface area contributed by atoms with Crippen LogP contribution in [0.4, 0.5) is 13.2 Å². The number of halogens is 3. The largest absolute Gasteiger partial charge is 0.481 e. The van der Waals surface area contributed by atoms with Crippen molar-refractivity contribution in [3.63, 3.8) is 0 Å². The molecule has 0 aromatic carbocycles. The Morgan fingerprint density at radius 1 is 1.31 bits per heavy atom. The summed E-state index contributed by atoms with van der Waals surface area (Å²) >= 11 is 4.40. The molecule has 2 fully saturated rings. The van der Waals surface area contributed by atoms with Crippen molar-refractivity contribution < 1.29 is 27.9 Å². The van der Waals surface area contributed by atoms with E-state index in [1.165, 1.54) is 4.90 Å². The Morgan fingerprint density at radius 2 is 1.85 bits per heavy atom. The summed E-state index contributed by atoms with van der Waals surface area (Å²) in [5.41, 5.74) is -0.884. The van der Waals surface area contributed by atoms with E-state index in [-0.39, 0.29) is 23.7 Å². The third-order valence-electron chi connectivity index (χ3n) is 5.66. The third kappa shape index (κ3) is 3.82. The molecule has 1 aliphatic heterocycles. The molecule has 1 saturated heterocycles. The van der Waals surface area contributed by atoms with Gasteiger partial charge in [-0.05, 0) is 22.7 Å². The maximum Gasteiger partial charge on any atom is 0.441 e. The lowest BCUT2D eigenvalue weighted by atomic mass is 9.85. The highest BCUT2D eigenvalue weighted by Crippen LogP contribution is 2.65. The minimum atomic E-state index is -4.73. The van der Waals surface area contributed by atoms with E-state index in [2.05, 4.69) is 17.5 Å². The lowest BCUT2D eigenvalue weighted by Gasteiger charge is -2.38. The van der Waals surface area contributed by atoms with Crippen LogP contribution in [0.5, 0.6) is 0 Å². The van der Waals surface area contributed by atoms with Crippen LogP contribution in [0.1, 0.15) is 41.0 Å². The number of fused-ring (bicyclic) bond motifs is 1. The molecule has 5 nitrogen and oxygen atoms in total. The van der Waals surface area contributed by atoms with Gasteiger partial charge in [-0.1, -0.05) is 46.8 Å². The number of carboxylic acid groups (broad SMARTS) is 1.